The minimum atomic E-state index is -3.60. The molecule has 2 N–H and O–H groups in total. The standard InChI is InChI=1S/C22H26N6O4S/c1-5-27(6-2)33(31,32)19-11-9-17(10-12-19)25-21-20(28(29)30)22(24-14-23-21)26-18-8-7-15(3)16(4)13-18/h7-14H,5-6H2,1-4H3,(H2,23,24,25,26). The Morgan fingerprint density at radius 2 is 1.45 bits per heavy atom. The maximum Gasteiger partial charge on any atom is 0.353 e. The number of hydrogen-bond acceptors (Lipinski definition) is 8. The van der Waals surface area contributed by atoms with Gasteiger partial charge in [0.25, 0.3) is 0 Å². The van der Waals surface area contributed by atoms with E-state index in [0.29, 0.717) is 24.5 Å². The fraction of sp³-hybridized carbons (Fsp3) is 0.273. The normalized spacial score (nSPS) is 11.4. The highest BCUT2D eigenvalue weighted by Crippen LogP contribution is 2.33. The highest BCUT2D eigenvalue weighted by atomic mass is 32.2. The van der Waals surface area contributed by atoms with Gasteiger partial charge >= 0.3 is 5.69 Å². The largest absolute Gasteiger partial charge is 0.353 e. The first kappa shape index (κ1) is 24.1. The van der Waals surface area contributed by atoms with Crippen LogP contribution in [-0.2, 0) is 10.0 Å². The Hall–Kier alpha value is -3.57. The molecule has 1 heterocycles. The summed E-state index contributed by atoms with van der Waals surface area (Å²) in [4.78, 5) is 19.5. The van der Waals surface area contributed by atoms with Gasteiger partial charge < -0.3 is 10.6 Å². The van der Waals surface area contributed by atoms with Gasteiger partial charge in [0, 0.05) is 24.5 Å². The van der Waals surface area contributed by atoms with Crippen molar-refractivity contribution < 1.29 is 13.3 Å². The molecule has 174 valence electrons. The summed E-state index contributed by atoms with van der Waals surface area (Å²) in [7, 11) is -3.60. The predicted molar refractivity (Wildman–Crippen MR) is 128 cm³/mol. The first-order valence-corrected chi connectivity index (χ1v) is 11.8. The van der Waals surface area contributed by atoms with Gasteiger partial charge in [0.2, 0.25) is 21.7 Å². The van der Waals surface area contributed by atoms with Crippen molar-refractivity contribution in [1.29, 1.82) is 0 Å². The number of aryl methyl sites for hydroxylation is 2. The first-order valence-electron chi connectivity index (χ1n) is 10.4. The monoisotopic (exact) mass is 470 g/mol. The summed E-state index contributed by atoms with van der Waals surface area (Å²) in [5.41, 5.74) is 2.93. The summed E-state index contributed by atoms with van der Waals surface area (Å²) in [6.07, 6.45) is 1.22. The lowest BCUT2D eigenvalue weighted by molar-refractivity contribution is -0.383. The minimum Gasteiger partial charge on any atom is -0.334 e. The second-order valence-electron chi connectivity index (χ2n) is 7.34. The van der Waals surface area contributed by atoms with E-state index in [4.69, 9.17) is 0 Å². The zero-order valence-electron chi connectivity index (χ0n) is 18.9. The summed E-state index contributed by atoms with van der Waals surface area (Å²) >= 11 is 0. The summed E-state index contributed by atoms with van der Waals surface area (Å²) in [6, 6.07) is 11.6. The van der Waals surface area contributed by atoms with Crippen molar-refractivity contribution in [3.8, 4) is 0 Å². The van der Waals surface area contributed by atoms with E-state index < -0.39 is 14.9 Å². The molecule has 0 radical (unpaired) electrons. The SMILES string of the molecule is CCN(CC)S(=O)(=O)c1ccc(Nc2ncnc(Nc3ccc(C)c(C)c3)c2[N+](=O)[O-])cc1. The number of rotatable bonds is 9. The van der Waals surface area contributed by atoms with E-state index >= 15 is 0 Å². The fourth-order valence-electron chi connectivity index (χ4n) is 3.25. The lowest BCUT2D eigenvalue weighted by Gasteiger charge is -2.18. The number of anilines is 4. The van der Waals surface area contributed by atoms with Gasteiger partial charge in [-0.05, 0) is 61.4 Å². The highest BCUT2D eigenvalue weighted by molar-refractivity contribution is 7.89. The van der Waals surface area contributed by atoms with Crippen molar-refractivity contribution in [2.75, 3.05) is 23.7 Å². The Bertz CT molecular complexity index is 1260. The highest BCUT2D eigenvalue weighted by Gasteiger charge is 2.24. The maximum absolute atomic E-state index is 12.7. The Morgan fingerprint density at radius 1 is 0.909 bits per heavy atom. The Labute approximate surface area is 192 Å². The third-order valence-electron chi connectivity index (χ3n) is 5.23. The van der Waals surface area contributed by atoms with Crippen molar-refractivity contribution in [3.05, 3.63) is 70.0 Å². The van der Waals surface area contributed by atoms with E-state index in [1.165, 1.54) is 22.8 Å². The molecule has 0 fully saturated rings. The van der Waals surface area contributed by atoms with Crippen LogP contribution in [0.25, 0.3) is 0 Å². The van der Waals surface area contributed by atoms with E-state index in [0.717, 1.165) is 11.1 Å². The molecule has 0 amide bonds. The number of nitrogens with zero attached hydrogens (tertiary/aromatic N) is 4. The van der Waals surface area contributed by atoms with Crippen LogP contribution in [0.15, 0.2) is 53.7 Å². The fourth-order valence-corrected chi connectivity index (χ4v) is 4.71. The van der Waals surface area contributed by atoms with Crippen LogP contribution in [0.4, 0.5) is 28.7 Å². The minimum absolute atomic E-state index is 0.0133. The number of aromatic nitrogens is 2. The Balaban J connectivity index is 1.90. The summed E-state index contributed by atoms with van der Waals surface area (Å²) in [6.45, 7) is 8.20. The topological polar surface area (TPSA) is 130 Å². The zero-order valence-corrected chi connectivity index (χ0v) is 19.7. The Morgan fingerprint density at radius 3 is 1.97 bits per heavy atom. The number of nitro groups is 1. The van der Waals surface area contributed by atoms with Crippen molar-refractivity contribution in [2.24, 2.45) is 0 Å². The molecule has 11 heteroatoms. The van der Waals surface area contributed by atoms with Crippen molar-refractivity contribution in [1.82, 2.24) is 14.3 Å². The van der Waals surface area contributed by atoms with Crippen LogP contribution in [0.2, 0.25) is 0 Å². The predicted octanol–water partition coefficient (Wildman–Crippen LogP) is 4.52. The van der Waals surface area contributed by atoms with Gasteiger partial charge in [0.15, 0.2) is 0 Å². The van der Waals surface area contributed by atoms with E-state index in [1.807, 2.05) is 32.0 Å². The third kappa shape index (κ3) is 5.26. The average molecular weight is 471 g/mol. The van der Waals surface area contributed by atoms with Crippen molar-refractivity contribution in [3.63, 3.8) is 0 Å². The van der Waals surface area contributed by atoms with Crippen molar-refractivity contribution in [2.45, 2.75) is 32.6 Å². The van der Waals surface area contributed by atoms with Crippen LogP contribution < -0.4 is 10.6 Å². The van der Waals surface area contributed by atoms with Gasteiger partial charge in [-0.1, -0.05) is 19.9 Å². The van der Waals surface area contributed by atoms with Crippen LogP contribution in [0.3, 0.4) is 0 Å². The summed E-state index contributed by atoms with van der Waals surface area (Å²) < 4.78 is 26.7. The number of benzene rings is 2. The van der Waals surface area contributed by atoms with Crippen LogP contribution in [0.1, 0.15) is 25.0 Å². The van der Waals surface area contributed by atoms with Gasteiger partial charge in [-0.3, -0.25) is 10.1 Å². The molecule has 2 aromatic carbocycles. The van der Waals surface area contributed by atoms with E-state index in [2.05, 4.69) is 20.6 Å². The number of hydrogen-bond donors (Lipinski definition) is 2. The van der Waals surface area contributed by atoms with Crippen LogP contribution in [0.5, 0.6) is 0 Å². The molecule has 0 saturated carbocycles. The van der Waals surface area contributed by atoms with Gasteiger partial charge in [-0.15, -0.1) is 0 Å². The van der Waals surface area contributed by atoms with E-state index in [-0.39, 0.29) is 22.2 Å². The molecule has 0 atom stereocenters. The second-order valence-corrected chi connectivity index (χ2v) is 9.28. The third-order valence-corrected chi connectivity index (χ3v) is 7.30. The molecule has 0 aliphatic carbocycles. The summed E-state index contributed by atoms with van der Waals surface area (Å²) in [5, 5.41) is 17.7. The van der Waals surface area contributed by atoms with Crippen LogP contribution >= 0.6 is 0 Å². The van der Waals surface area contributed by atoms with E-state index in [1.54, 1.807) is 26.0 Å². The molecule has 0 aliphatic rings. The van der Waals surface area contributed by atoms with Gasteiger partial charge in [-0.25, -0.2) is 18.4 Å². The molecule has 10 nitrogen and oxygen atoms in total. The van der Waals surface area contributed by atoms with Crippen LogP contribution in [-0.4, -0.2) is 40.7 Å². The molecule has 33 heavy (non-hydrogen) atoms. The van der Waals surface area contributed by atoms with Crippen molar-refractivity contribution >= 4 is 38.7 Å². The lowest BCUT2D eigenvalue weighted by atomic mass is 10.1. The zero-order chi connectivity index (χ0) is 24.2. The molecule has 1 aromatic heterocycles. The molecule has 0 aliphatic heterocycles. The van der Waals surface area contributed by atoms with E-state index in [9.17, 15) is 18.5 Å². The lowest BCUT2D eigenvalue weighted by Crippen LogP contribution is -2.30. The Kier molecular flexibility index (Phi) is 7.24. The average Bonchev–Trinajstić information content (AvgIpc) is 2.77. The quantitative estimate of drug-likeness (QED) is 0.345. The van der Waals surface area contributed by atoms with Gasteiger partial charge in [0.05, 0.1) is 9.82 Å². The molecule has 3 rings (SSSR count). The first-order chi connectivity index (χ1) is 15.7. The molecular weight excluding hydrogens is 444 g/mol. The molecule has 0 bridgehead atoms. The molecule has 0 unspecified atom stereocenters. The number of sulfonamides is 1. The molecular formula is C22H26N6O4S. The van der Waals surface area contributed by atoms with Gasteiger partial charge in [-0.2, -0.15) is 4.31 Å². The van der Waals surface area contributed by atoms with Crippen LogP contribution in [0, 0.1) is 24.0 Å². The second kappa shape index (κ2) is 9.92. The maximum atomic E-state index is 12.7. The smallest absolute Gasteiger partial charge is 0.334 e. The summed E-state index contributed by atoms with van der Waals surface area (Å²) in [5.74, 6) is 0.0298. The van der Waals surface area contributed by atoms with Gasteiger partial charge in [0.1, 0.15) is 6.33 Å². The molecule has 3 aromatic rings. The molecule has 0 spiro atoms. The molecule has 0 saturated heterocycles. The number of nitrogens with one attached hydrogen (secondary N) is 2.